The number of hydrogen-bond acceptors (Lipinski definition) is 3. The molecule has 0 spiro atoms. The number of aliphatic hydroxyl groups is 1. The van der Waals surface area contributed by atoms with Crippen molar-refractivity contribution in [1.29, 1.82) is 0 Å². The third-order valence-corrected chi connectivity index (χ3v) is 4.93. The van der Waals surface area contributed by atoms with Crippen molar-refractivity contribution in [2.45, 2.75) is 19.6 Å². The highest BCUT2D eigenvalue weighted by Gasteiger charge is 2.15. The minimum absolute atomic E-state index is 0.132. The van der Waals surface area contributed by atoms with Crippen LogP contribution in [0.5, 0.6) is 0 Å². The molecule has 25 heavy (non-hydrogen) atoms. The Kier molecular flexibility index (Phi) is 5.66. The molecule has 1 unspecified atom stereocenters. The molecule has 3 aromatic rings. The second-order valence-corrected chi connectivity index (χ2v) is 7.52. The van der Waals surface area contributed by atoms with Crippen molar-refractivity contribution in [2.24, 2.45) is 0 Å². The summed E-state index contributed by atoms with van der Waals surface area (Å²) in [6, 6.07) is 12.2. The van der Waals surface area contributed by atoms with Gasteiger partial charge in [-0.05, 0) is 43.3 Å². The Labute approximate surface area is 162 Å². The van der Waals surface area contributed by atoms with Crippen LogP contribution in [0, 0.1) is 0 Å². The van der Waals surface area contributed by atoms with Crippen LogP contribution in [-0.4, -0.2) is 35.0 Å². The first kappa shape index (κ1) is 18.2. The van der Waals surface area contributed by atoms with E-state index in [0.717, 1.165) is 30.8 Å². The van der Waals surface area contributed by atoms with Gasteiger partial charge in [-0.25, -0.2) is 4.79 Å². The molecule has 3 rings (SSSR count). The van der Waals surface area contributed by atoms with Crippen molar-refractivity contribution in [2.75, 3.05) is 13.2 Å². The number of fused-ring (bicyclic) bond motifs is 3. The first-order chi connectivity index (χ1) is 12.0. The summed E-state index contributed by atoms with van der Waals surface area (Å²) in [7, 11) is 0. The smallest absolute Gasteiger partial charge is 0.407 e. The lowest BCUT2D eigenvalue weighted by Crippen LogP contribution is -2.34. The van der Waals surface area contributed by atoms with E-state index in [0.29, 0.717) is 13.2 Å². The standard InChI is InChI=1S/C18H18Br2N2O3/c1-2-25-18(24)21-9-13(23)10-22-16-5-3-11(19)7-14(16)15-8-12(20)4-6-17(15)22/h3-8,13,23H,2,9-10H2,1H3,(H,21,24). The van der Waals surface area contributed by atoms with Crippen LogP contribution in [0.3, 0.4) is 0 Å². The molecule has 0 bridgehead atoms. The highest BCUT2D eigenvalue weighted by molar-refractivity contribution is 9.10. The van der Waals surface area contributed by atoms with Crippen LogP contribution in [0.25, 0.3) is 21.8 Å². The molecule has 0 aliphatic carbocycles. The predicted molar refractivity (Wildman–Crippen MR) is 106 cm³/mol. The number of aliphatic hydroxyl groups excluding tert-OH is 1. The van der Waals surface area contributed by atoms with Gasteiger partial charge in [0.25, 0.3) is 0 Å². The number of benzene rings is 2. The van der Waals surface area contributed by atoms with E-state index in [2.05, 4.69) is 53.9 Å². The number of halogens is 2. The topological polar surface area (TPSA) is 63.5 Å². The van der Waals surface area contributed by atoms with E-state index in [4.69, 9.17) is 4.74 Å². The van der Waals surface area contributed by atoms with Crippen LogP contribution in [0.15, 0.2) is 45.3 Å². The molecular weight excluding hydrogens is 452 g/mol. The molecule has 0 saturated carbocycles. The molecule has 2 N–H and O–H groups in total. The summed E-state index contributed by atoms with van der Waals surface area (Å²) in [5, 5.41) is 15.1. The first-order valence-electron chi connectivity index (χ1n) is 7.95. The number of carbonyl (C=O) groups is 1. The summed E-state index contributed by atoms with van der Waals surface area (Å²) in [5.74, 6) is 0. The van der Waals surface area contributed by atoms with Gasteiger partial charge >= 0.3 is 6.09 Å². The van der Waals surface area contributed by atoms with E-state index < -0.39 is 12.2 Å². The minimum atomic E-state index is -0.726. The molecule has 132 valence electrons. The predicted octanol–water partition coefficient (Wildman–Crippen LogP) is 4.43. The van der Waals surface area contributed by atoms with Crippen molar-refractivity contribution in [3.63, 3.8) is 0 Å². The van der Waals surface area contributed by atoms with Crippen LogP contribution in [0.4, 0.5) is 4.79 Å². The van der Waals surface area contributed by atoms with Gasteiger partial charge in [-0.2, -0.15) is 0 Å². The fourth-order valence-electron chi connectivity index (χ4n) is 2.90. The minimum Gasteiger partial charge on any atom is -0.450 e. The summed E-state index contributed by atoms with van der Waals surface area (Å²) < 4.78 is 8.89. The van der Waals surface area contributed by atoms with E-state index >= 15 is 0 Å². The Morgan fingerprint density at radius 3 is 2.24 bits per heavy atom. The lowest BCUT2D eigenvalue weighted by Gasteiger charge is -2.14. The Morgan fingerprint density at radius 1 is 1.16 bits per heavy atom. The molecule has 2 aromatic carbocycles. The number of aromatic nitrogens is 1. The third-order valence-electron chi connectivity index (χ3n) is 3.94. The Hall–Kier alpha value is -1.57. The van der Waals surface area contributed by atoms with E-state index in [9.17, 15) is 9.90 Å². The third kappa shape index (κ3) is 3.99. The highest BCUT2D eigenvalue weighted by atomic mass is 79.9. The SMILES string of the molecule is CCOC(=O)NCC(O)Cn1c2ccc(Br)cc2c2cc(Br)ccc21. The average Bonchev–Trinajstić information content (AvgIpc) is 2.86. The first-order valence-corrected chi connectivity index (χ1v) is 9.54. The van der Waals surface area contributed by atoms with Crippen molar-refractivity contribution in [3.05, 3.63) is 45.3 Å². The zero-order valence-corrected chi connectivity index (χ0v) is 16.8. The van der Waals surface area contributed by atoms with Gasteiger partial charge in [-0.15, -0.1) is 0 Å². The molecule has 0 saturated heterocycles. The van der Waals surface area contributed by atoms with Gasteiger partial charge in [0.2, 0.25) is 0 Å². The summed E-state index contributed by atoms with van der Waals surface area (Å²) in [5.41, 5.74) is 2.07. The molecule has 0 aliphatic rings. The molecule has 1 heterocycles. The van der Waals surface area contributed by atoms with Gasteiger partial charge in [-0.1, -0.05) is 31.9 Å². The number of alkyl carbamates (subject to hydrolysis) is 1. The molecule has 0 aliphatic heterocycles. The normalized spacial score (nSPS) is 12.5. The number of rotatable bonds is 5. The Morgan fingerprint density at radius 2 is 1.72 bits per heavy atom. The second kappa shape index (κ2) is 7.76. The Balaban J connectivity index is 1.93. The van der Waals surface area contributed by atoms with Gasteiger partial charge in [0, 0.05) is 37.3 Å². The molecule has 7 heteroatoms. The van der Waals surface area contributed by atoms with E-state index in [1.54, 1.807) is 6.92 Å². The van der Waals surface area contributed by atoms with Crippen LogP contribution in [0.1, 0.15) is 6.92 Å². The monoisotopic (exact) mass is 468 g/mol. The van der Waals surface area contributed by atoms with Crippen molar-refractivity contribution < 1.29 is 14.6 Å². The summed E-state index contributed by atoms with van der Waals surface area (Å²) in [4.78, 5) is 11.4. The summed E-state index contributed by atoms with van der Waals surface area (Å²) >= 11 is 7.04. The van der Waals surface area contributed by atoms with Crippen molar-refractivity contribution >= 4 is 59.8 Å². The maximum absolute atomic E-state index is 11.4. The zero-order valence-electron chi connectivity index (χ0n) is 13.6. The van der Waals surface area contributed by atoms with Crippen LogP contribution < -0.4 is 5.32 Å². The maximum atomic E-state index is 11.4. The average molecular weight is 470 g/mol. The zero-order chi connectivity index (χ0) is 18.0. The lowest BCUT2D eigenvalue weighted by molar-refractivity contribution is 0.128. The van der Waals surface area contributed by atoms with E-state index in [1.165, 1.54) is 0 Å². The van der Waals surface area contributed by atoms with Gasteiger partial charge in [-0.3, -0.25) is 0 Å². The second-order valence-electron chi connectivity index (χ2n) is 5.69. The van der Waals surface area contributed by atoms with Crippen LogP contribution >= 0.6 is 31.9 Å². The molecule has 0 radical (unpaired) electrons. The largest absolute Gasteiger partial charge is 0.450 e. The van der Waals surface area contributed by atoms with Gasteiger partial charge in [0.1, 0.15) is 0 Å². The number of hydrogen-bond donors (Lipinski definition) is 2. The molecule has 5 nitrogen and oxygen atoms in total. The number of ether oxygens (including phenoxy) is 1. The van der Waals surface area contributed by atoms with Gasteiger partial charge in [0.05, 0.1) is 19.3 Å². The van der Waals surface area contributed by atoms with Gasteiger partial charge < -0.3 is 19.7 Å². The van der Waals surface area contributed by atoms with E-state index in [-0.39, 0.29) is 6.54 Å². The van der Waals surface area contributed by atoms with Gasteiger partial charge in [0.15, 0.2) is 0 Å². The molecular formula is C18H18Br2N2O3. The molecule has 1 atom stereocenters. The van der Waals surface area contributed by atoms with Crippen LogP contribution in [-0.2, 0) is 11.3 Å². The van der Waals surface area contributed by atoms with Crippen LogP contribution in [0.2, 0.25) is 0 Å². The number of carbonyl (C=O) groups excluding carboxylic acids is 1. The molecule has 1 amide bonds. The fourth-order valence-corrected chi connectivity index (χ4v) is 3.63. The number of nitrogens with zero attached hydrogens (tertiary/aromatic N) is 1. The fraction of sp³-hybridized carbons (Fsp3) is 0.278. The Bertz CT molecular complexity index is 864. The number of nitrogens with one attached hydrogen (secondary N) is 1. The summed E-state index contributed by atoms with van der Waals surface area (Å²) in [6.07, 6.45) is -1.24. The highest BCUT2D eigenvalue weighted by Crippen LogP contribution is 2.33. The van der Waals surface area contributed by atoms with Crippen molar-refractivity contribution in [1.82, 2.24) is 9.88 Å². The van der Waals surface area contributed by atoms with E-state index in [1.807, 2.05) is 24.3 Å². The lowest BCUT2D eigenvalue weighted by atomic mass is 10.2. The molecule has 1 aromatic heterocycles. The van der Waals surface area contributed by atoms with Crippen molar-refractivity contribution in [3.8, 4) is 0 Å². The maximum Gasteiger partial charge on any atom is 0.407 e. The molecule has 0 fully saturated rings. The summed E-state index contributed by atoms with van der Waals surface area (Å²) in [6.45, 7) is 2.55. The number of amides is 1. The quantitative estimate of drug-likeness (QED) is 0.581.